The number of carbonyl (C=O) groups is 2. The lowest BCUT2D eigenvalue weighted by Crippen LogP contribution is -2.45. The molecule has 1 aromatic carbocycles. The van der Waals surface area contributed by atoms with Crippen molar-refractivity contribution in [2.45, 2.75) is 39.8 Å². The molecule has 2 rings (SSSR count). The van der Waals surface area contributed by atoms with Crippen molar-refractivity contribution in [2.75, 3.05) is 7.11 Å². The molecule has 140 valence electrons. The van der Waals surface area contributed by atoms with Crippen molar-refractivity contribution in [1.29, 1.82) is 0 Å². The van der Waals surface area contributed by atoms with Gasteiger partial charge in [-0.3, -0.25) is 4.79 Å². The Hall–Kier alpha value is -2.41. The molecule has 7 heteroatoms. The molecule has 1 heterocycles. The molecule has 0 saturated carbocycles. The molecule has 1 aromatic heterocycles. The normalized spacial score (nSPS) is 11.9. The minimum Gasteiger partial charge on any atom is -0.486 e. The van der Waals surface area contributed by atoms with Crippen molar-refractivity contribution in [2.24, 2.45) is 5.92 Å². The van der Waals surface area contributed by atoms with Crippen LogP contribution in [0, 0.1) is 12.8 Å². The first-order chi connectivity index (χ1) is 12.4. The van der Waals surface area contributed by atoms with Crippen molar-refractivity contribution < 1.29 is 19.1 Å². The molecule has 0 aliphatic heterocycles. The number of aromatic nitrogens is 1. The molecule has 0 aliphatic carbocycles. The van der Waals surface area contributed by atoms with Crippen LogP contribution in [0.5, 0.6) is 5.75 Å². The number of amides is 1. The summed E-state index contributed by atoms with van der Waals surface area (Å²) in [6.07, 6.45) is 0.112. The first-order valence-corrected chi connectivity index (χ1v) is 9.27. The van der Waals surface area contributed by atoms with E-state index in [4.69, 9.17) is 9.47 Å². The number of carbonyl (C=O) groups excluding carboxylic acids is 2. The number of aryl methyl sites for hydroxylation is 1. The van der Waals surface area contributed by atoms with Crippen LogP contribution in [0.25, 0.3) is 0 Å². The second kappa shape index (κ2) is 9.33. The van der Waals surface area contributed by atoms with E-state index < -0.39 is 12.0 Å². The average molecular weight is 376 g/mol. The van der Waals surface area contributed by atoms with E-state index in [1.165, 1.54) is 24.0 Å². The number of methoxy groups -OCH3 is 1. The lowest BCUT2D eigenvalue weighted by Gasteiger charge is -2.19. The van der Waals surface area contributed by atoms with Gasteiger partial charge < -0.3 is 14.8 Å². The van der Waals surface area contributed by atoms with Gasteiger partial charge in [-0.2, -0.15) is 0 Å². The van der Waals surface area contributed by atoms with Gasteiger partial charge in [-0.05, 0) is 25.0 Å². The van der Waals surface area contributed by atoms with Gasteiger partial charge in [-0.25, -0.2) is 9.78 Å². The molecule has 0 unspecified atom stereocenters. The molecule has 6 nitrogen and oxygen atoms in total. The number of benzene rings is 1. The largest absolute Gasteiger partial charge is 0.486 e. The summed E-state index contributed by atoms with van der Waals surface area (Å²) in [5.74, 6) is 0.0208. The summed E-state index contributed by atoms with van der Waals surface area (Å²) in [7, 11) is 1.31. The van der Waals surface area contributed by atoms with Gasteiger partial charge in [0, 0.05) is 5.38 Å². The van der Waals surface area contributed by atoms with E-state index in [1.54, 1.807) is 0 Å². The third-order valence-electron chi connectivity index (χ3n) is 3.76. The standard InChI is InChI=1S/C19H24N2O4S/c1-12(2)18(19(23)24-4)21-16(22)9-14-11-26-17(20-14)10-25-15-7-5-13(3)6-8-15/h5-8,11-12,18H,9-10H2,1-4H3,(H,21,22)/t18-/m0/s1. The Bertz CT molecular complexity index is 740. The Kier molecular flexibility index (Phi) is 7.15. The van der Waals surface area contributed by atoms with Crippen LogP contribution in [-0.2, 0) is 27.4 Å². The SMILES string of the molecule is COC(=O)[C@@H](NC(=O)Cc1csc(COc2ccc(C)cc2)n1)C(C)C. The maximum Gasteiger partial charge on any atom is 0.328 e. The van der Waals surface area contributed by atoms with Crippen LogP contribution in [0.15, 0.2) is 29.6 Å². The summed E-state index contributed by atoms with van der Waals surface area (Å²) in [5, 5.41) is 5.33. The van der Waals surface area contributed by atoms with E-state index in [-0.39, 0.29) is 18.2 Å². The molecule has 0 radical (unpaired) electrons. The van der Waals surface area contributed by atoms with Crippen LogP contribution in [-0.4, -0.2) is 30.0 Å². The van der Waals surface area contributed by atoms with E-state index >= 15 is 0 Å². The monoisotopic (exact) mass is 376 g/mol. The van der Waals surface area contributed by atoms with Crippen molar-refractivity contribution in [3.63, 3.8) is 0 Å². The predicted octanol–water partition coefficient (Wildman–Crippen LogP) is 2.89. The van der Waals surface area contributed by atoms with Crippen LogP contribution in [0.2, 0.25) is 0 Å². The highest BCUT2D eigenvalue weighted by molar-refractivity contribution is 7.09. The topological polar surface area (TPSA) is 77.5 Å². The van der Waals surface area contributed by atoms with Gasteiger partial charge in [0.15, 0.2) is 0 Å². The van der Waals surface area contributed by atoms with Gasteiger partial charge in [0.25, 0.3) is 0 Å². The van der Waals surface area contributed by atoms with Crippen LogP contribution >= 0.6 is 11.3 Å². The second-order valence-electron chi connectivity index (χ2n) is 6.32. The quantitative estimate of drug-likeness (QED) is 0.717. The maximum absolute atomic E-state index is 12.2. The van der Waals surface area contributed by atoms with E-state index in [9.17, 15) is 9.59 Å². The lowest BCUT2D eigenvalue weighted by atomic mass is 10.0. The molecule has 1 N–H and O–H groups in total. The summed E-state index contributed by atoms with van der Waals surface area (Å²) in [5.41, 5.74) is 1.83. The van der Waals surface area contributed by atoms with Gasteiger partial charge in [0.2, 0.25) is 5.91 Å². The molecule has 1 amide bonds. The van der Waals surface area contributed by atoms with E-state index in [0.717, 1.165) is 10.8 Å². The second-order valence-corrected chi connectivity index (χ2v) is 7.27. The number of nitrogens with zero attached hydrogens (tertiary/aromatic N) is 1. The zero-order valence-electron chi connectivity index (χ0n) is 15.4. The number of nitrogens with one attached hydrogen (secondary N) is 1. The summed E-state index contributed by atoms with van der Waals surface area (Å²) >= 11 is 1.44. The minimum atomic E-state index is -0.657. The van der Waals surface area contributed by atoms with Gasteiger partial charge in [-0.1, -0.05) is 31.5 Å². The van der Waals surface area contributed by atoms with E-state index in [2.05, 4.69) is 10.3 Å². The van der Waals surface area contributed by atoms with Gasteiger partial charge in [-0.15, -0.1) is 11.3 Å². The number of hydrogen-bond donors (Lipinski definition) is 1. The Labute approximate surface area is 157 Å². The number of thiazole rings is 1. The third kappa shape index (κ3) is 5.84. The molecule has 0 aliphatic rings. The Morgan fingerprint density at radius 2 is 1.92 bits per heavy atom. The summed E-state index contributed by atoms with van der Waals surface area (Å²) < 4.78 is 10.4. The summed E-state index contributed by atoms with van der Waals surface area (Å²) in [6.45, 7) is 6.08. The van der Waals surface area contributed by atoms with E-state index in [0.29, 0.717) is 12.3 Å². The number of hydrogen-bond acceptors (Lipinski definition) is 6. The highest BCUT2D eigenvalue weighted by Crippen LogP contribution is 2.16. The van der Waals surface area contributed by atoms with Crippen LogP contribution < -0.4 is 10.1 Å². The Morgan fingerprint density at radius 3 is 2.54 bits per heavy atom. The molecule has 0 spiro atoms. The van der Waals surface area contributed by atoms with E-state index in [1.807, 2.05) is 50.4 Å². The van der Waals surface area contributed by atoms with Gasteiger partial charge in [0.05, 0.1) is 19.2 Å². The van der Waals surface area contributed by atoms with Crippen LogP contribution in [0.4, 0.5) is 0 Å². The molecular formula is C19H24N2O4S. The van der Waals surface area contributed by atoms with Gasteiger partial charge >= 0.3 is 5.97 Å². The predicted molar refractivity (Wildman–Crippen MR) is 100 cm³/mol. The zero-order chi connectivity index (χ0) is 19.1. The highest BCUT2D eigenvalue weighted by Gasteiger charge is 2.25. The van der Waals surface area contributed by atoms with Crippen molar-refractivity contribution in [3.8, 4) is 5.75 Å². The van der Waals surface area contributed by atoms with Crippen molar-refractivity contribution >= 4 is 23.2 Å². The smallest absolute Gasteiger partial charge is 0.328 e. The van der Waals surface area contributed by atoms with Crippen molar-refractivity contribution in [1.82, 2.24) is 10.3 Å². The number of ether oxygens (including phenoxy) is 2. The molecular weight excluding hydrogens is 352 g/mol. The fourth-order valence-electron chi connectivity index (χ4n) is 2.29. The van der Waals surface area contributed by atoms with Gasteiger partial charge in [0.1, 0.15) is 23.4 Å². The molecule has 0 saturated heterocycles. The molecule has 0 fully saturated rings. The fraction of sp³-hybridized carbons (Fsp3) is 0.421. The maximum atomic E-state index is 12.2. The minimum absolute atomic E-state index is 0.0553. The fourth-order valence-corrected chi connectivity index (χ4v) is 2.99. The number of rotatable bonds is 8. The molecule has 26 heavy (non-hydrogen) atoms. The summed E-state index contributed by atoms with van der Waals surface area (Å²) in [6, 6.07) is 7.14. The lowest BCUT2D eigenvalue weighted by molar-refractivity contribution is -0.146. The van der Waals surface area contributed by atoms with Crippen LogP contribution in [0.3, 0.4) is 0 Å². The molecule has 1 atom stereocenters. The first-order valence-electron chi connectivity index (χ1n) is 8.39. The van der Waals surface area contributed by atoms with Crippen molar-refractivity contribution in [3.05, 3.63) is 45.9 Å². The third-order valence-corrected chi connectivity index (χ3v) is 4.63. The summed E-state index contributed by atoms with van der Waals surface area (Å²) in [4.78, 5) is 28.3. The Morgan fingerprint density at radius 1 is 1.23 bits per heavy atom. The number of esters is 1. The molecule has 0 bridgehead atoms. The zero-order valence-corrected chi connectivity index (χ0v) is 16.3. The molecule has 2 aromatic rings. The van der Waals surface area contributed by atoms with Crippen LogP contribution in [0.1, 0.15) is 30.1 Å². The first kappa shape index (κ1) is 19.9. The average Bonchev–Trinajstić information content (AvgIpc) is 3.05. The Balaban J connectivity index is 1.87. The highest BCUT2D eigenvalue weighted by atomic mass is 32.1.